The number of halogens is 2. The van der Waals surface area contributed by atoms with Crippen LogP contribution in [0.2, 0.25) is 5.02 Å². The smallest absolute Gasteiger partial charge is 0.0775 e. The predicted molar refractivity (Wildman–Crippen MR) is 89.6 cm³/mol. The van der Waals surface area contributed by atoms with Gasteiger partial charge in [-0.05, 0) is 46.9 Å². The molecule has 0 aliphatic heterocycles. The van der Waals surface area contributed by atoms with E-state index in [0.29, 0.717) is 5.02 Å². The Morgan fingerprint density at radius 3 is 2.81 bits per heavy atom. The molecule has 0 aliphatic rings. The number of nitrogens with one attached hydrogen (secondary N) is 1. The largest absolute Gasteiger partial charge is 0.305 e. The van der Waals surface area contributed by atoms with E-state index in [1.807, 2.05) is 16.9 Å². The Morgan fingerprint density at radius 1 is 1.33 bits per heavy atom. The summed E-state index contributed by atoms with van der Waals surface area (Å²) in [6.45, 7) is 6.09. The van der Waals surface area contributed by atoms with Crippen LogP contribution in [0, 0.1) is 0 Å². The zero-order chi connectivity index (χ0) is 15.2. The number of aryl methyl sites for hydroxylation is 1. The van der Waals surface area contributed by atoms with Gasteiger partial charge in [0, 0.05) is 18.9 Å². The molecule has 0 aliphatic carbocycles. The fourth-order valence-electron chi connectivity index (χ4n) is 2.31. The molecule has 0 amide bonds. The standard InChI is InChI=1S/C15H20BrClN4/c1-3-6-19-14(11-5-7-18-10-13(11)17)15-12(16)9-20-21(15)8-4-2/h5,7,9-10,14,19H,3-4,6,8H2,1-2H3. The highest BCUT2D eigenvalue weighted by molar-refractivity contribution is 9.10. The third-order valence-corrected chi connectivity index (χ3v) is 4.18. The number of rotatable bonds is 7. The second kappa shape index (κ2) is 7.92. The van der Waals surface area contributed by atoms with Crippen molar-refractivity contribution >= 4 is 27.5 Å². The molecule has 0 saturated carbocycles. The Kier molecular flexibility index (Phi) is 6.21. The van der Waals surface area contributed by atoms with Crippen LogP contribution in [0.25, 0.3) is 0 Å². The van der Waals surface area contributed by atoms with Gasteiger partial charge in [0.05, 0.1) is 27.4 Å². The third kappa shape index (κ3) is 3.84. The van der Waals surface area contributed by atoms with E-state index in [0.717, 1.165) is 41.7 Å². The van der Waals surface area contributed by atoms with Crippen LogP contribution < -0.4 is 5.32 Å². The van der Waals surface area contributed by atoms with Gasteiger partial charge in [-0.25, -0.2) is 0 Å². The first-order chi connectivity index (χ1) is 10.2. The lowest BCUT2D eigenvalue weighted by atomic mass is 10.0. The maximum Gasteiger partial charge on any atom is 0.0775 e. The summed E-state index contributed by atoms with van der Waals surface area (Å²) < 4.78 is 3.03. The van der Waals surface area contributed by atoms with Crippen molar-refractivity contribution in [3.05, 3.63) is 45.4 Å². The summed E-state index contributed by atoms with van der Waals surface area (Å²) in [5.41, 5.74) is 2.14. The van der Waals surface area contributed by atoms with Crippen LogP contribution in [0.4, 0.5) is 0 Å². The molecule has 1 N–H and O–H groups in total. The van der Waals surface area contributed by atoms with Gasteiger partial charge in [0.1, 0.15) is 0 Å². The SMILES string of the molecule is CCCNC(c1ccncc1Cl)c1c(Br)cnn1CCC. The van der Waals surface area contributed by atoms with Gasteiger partial charge in [0.2, 0.25) is 0 Å². The van der Waals surface area contributed by atoms with Crippen molar-refractivity contribution < 1.29 is 0 Å². The summed E-state index contributed by atoms with van der Waals surface area (Å²) in [7, 11) is 0. The quantitative estimate of drug-likeness (QED) is 0.793. The molecule has 2 aromatic heterocycles. The Bertz CT molecular complexity index is 585. The Labute approximate surface area is 139 Å². The van der Waals surface area contributed by atoms with Crippen LogP contribution in [0.15, 0.2) is 29.1 Å². The third-order valence-electron chi connectivity index (χ3n) is 3.26. The van der Waals surface area contributed by atoms with Crippen LogP contribution in [0.3, 0.4) is 0 Å². The molecular weight excluding hydrogens is 352 g/mol. The van der Waals surface area contributed by atoms with Crippen molar-refractivity contribution in [1.29, 1.82) is 0 Å². The van der Waals surface area contributed by atoms with Crippen LogP contribution in [-0.2, 0) is 6.54 Å². The highest BCUT2D eigenvalue weighted by Gasteiger charge is 2.23. The van der Waals surface area contributed by atoms with Crippen molar-refractivity contribution in [2.24, 2.45) is 0 Å². The van der Waals surface area contributed by atoms with Crippen LogP contribution in [-0.4, -0.2) is 21.3 Å². The molecule has 4 nitrogen and oxygen atoms in total. The summed E-state index contributed by atoms with van der Waals surface area (Å²) in [6, 6.07) is 1.97. The van der Waals surface area contributed by atoms with Crippen LogP contribution in [0.5, 0.6) is 0 Å². The van der Waals surface area contributed by atoms with Crippen LogP contribution in [0.1, 0.15) is 44.0 Å². The maximum atomic E-state index is 6.35. The molecule has 114 valence electrons. The molecule has 2 heterocycles. The topological polar surface area (TPSA) is 42.7 Å². The molecule has 1 unspecified atom stereocenters. The summed E-state index contributed by atoms with van der Waals surface area (Å²) in [6.07, 6.45) is 7.40. The molecular formula is C15H20BrClN4. The summed E-state index contributed by atoms with van der Waals surface area (Å²) >= 11 is 9.97. The molecule has 0 saturated heterocycles. The molecule has 0 bridgehead atoms. The first-order valence-electron chi connectivity index (χ1n) is 7.23. The minimum absolute atomic E-state index is 0.00359. The summed E-state index contributed by atoms with van der Waals surface area (Å²) in [5, 5.41) is 8.69. The Hall–Kier alpha value is -0.910. The highest BCUT2D eigenvalue weighted by atomic mass is 79.9. The van der Waals surface area contributed by atoms with Crippen molar-refractivity contribution in [2.75, 3.05) is 6.54 Å². The number of hydrogen-bond acceptors (Lipinski definition) is 3. The van der Waals surface area contributed by atoms with Crippen molar-refractivity contribution in [3.8, 4) is 0 Å². The van der Waals surface area contributed by atoms with Crippen molar-refractivity contribution in [1.82, 2.24) is 20.1 Å². The van der Waals surface area contributed by atoms with Crippen LogP contribution >= 0.6 is 27.5 Å². The summed E-state index contributed by atoms with van der Waals surface area (Å²) in [5.74, 6) is 0. The lowest BCUT2D eigenvalue weighted by Crippen LogP contribution is -2.26. The van der Waals surface area contributed by atoms with Gasteiger partial charge in [-0.15, -0.1) is 0 Å². The number of hydrogen-bond donors (Lipinski definition) is 1. The predicted octanol–water partition coefficient (Wildman–Crippen LogP) is 4.19. The molecule has 0 radical (unpaired) electrons. The molecule has 2 aromatic rings. The van der Waals surface area contributed by atoms with Gasteiger partial charge in [0.25, 0.3) is 0 Å². The molecule has 2 rings (SSSR count). The van der Waals surface area contributed by atoms with Gasteiger partial charge < -0.3 is 5.32 Å². The second-order valence-corrected chi connectivity index (χ2v) is 6.15. The lowest BCUT2D eigenvalue weighted by molar-refractivity contribution is 0.510. The minimum Gasteiger partial charge on any atom is -0.305 e. The van der Waals surface area contributed by atoms with E-state index in [1.54, 1.807) is 12.4 Å². The number of aromatic nitrogens is 3. The molecule has 0 fully saturated rings. The van der Waals surface area contributed by atoms with Gasteiger partial charge in [-0.1, -0.05) is 25.4 Å². The Balaban J connectivity index is 2.45. The average Bonchev–Trinajstić information content (AvgIpc) is 2.83. The number of nitrogens with zero attached hydrogens (tertiary/aromatic N) is 3. The minimum atomic E-state index is 0.00359. The van der Waals surface area contributed by atoms with E-state index in [9.17, 15) is 0 Å². The highest BCUT2D eigenvalue weighted by Crippen LogP contribution is 2.32. The van der Waals surface area contributed by atoms with Gasteiger partial charge in [-0.3, -0.25) is 9.67 Å². The second-order valence-electron chi connectivity index (χ2n) is 4.89. The van der Waals surface area contributed by atoms with Gasteiger partial charge in [0.15, 0.2) is 0 Å². The van der Waals surface area contributed by atoms with E-state index < -0.39 is 0 Å². The molecule has 6 heteroatoms. The summed E-state index contributed by atoms with van der Waals surface area (Å²) in [4.78, 5) is 4.08. The van der Waals surface area contributed by atoms with E-state index >= 15 is 0 Å². The monoisotopic (exact) mass is 370 g/mol. The zero-order valence-corrected chi connectivity index (χ0v) is 14.7. The lowest BCUT2D eigenvalue weighted by Gasteiger charge is -2.22. The fraction of sp³-hybridized carbons (Fsp3) is 0.467. The van der Waals surface area contributed by atoms with E-state index in [1.165, 1.54) is 0 Å². The van der Waals surface area contributed by atoms with Crippen molar-refractivity contribution in [3.63, 3.8) is 0 Å². The van der Waals surface area contributed by atoms with Gasteiger partial charge >= 0.3 is 0 Å². The van der Waals surface area contributed by atoms with E-state index in [2.05, 4.69) is 45.2 Å². The zero-order valence-electron chi connectivity index (χ0n) is 12.3. The van der Waals surface area contributed by atoms with Gasteiger partial charge in [-0.2, -0.15) is 5.10 Å². The molecule has 0 spiro atoms. The fourth-order valence-corrected chi connectivity index (χ4v) is 3.07. The van der Waals surface area contributed by atoms with E-state index in [-0.39, 0.29) is 6.04 Å². The first-order valence-corrected chi connectivity index (χ1v) is 8.40. The van der Waals surface area contributed by atoms with E-state index in [4.69, 9.17) is 11.6 Å². The maximum absolute atomic E-state index is 6.35. The number of pyridine rings is 1. The normalized spacial score (nSPS) is 12.6. The molecule has 21 heavy (non-hydrogen) atoms. The molecule has 1 atom stereocenters. The molecule has 0 aromatic carbocycles. The first kappa shape index (κ1) is 16.5. The Morgan fingerprint density at radius 2 is 2.14 bits per heavy atom. The average molecular weight is 372 g/mol. The van der Waals surface area contributed by atoms with Crippen molar-refractivity contribution in [2.45, 2.75) is 39.3 Å².